The van der Waals surface area contributed by atoms with Crippen molar-refractivity contribution in [2.45, 2.75) is 32.0 Å². The van der Waals surface area contributed by atoms with Gasteiger partial charge in [-0.05, 0) is 30.0 Å². The third-order valence-electron chi connectivity index (χ3n) is 3.67. The van der Waals surface area contributed by atoms with Crippen molar-refractivity contribution in [3.05, 3.63) is 60.4 Å². The van der Waals surface area contributed by atoms with Gasteiger partial charge in [0.05, 0.1) is 0 Å². The molecule has 24 heavy (non-hydrogen) atoms. The number of aryl methyl sites for hydroxylation is 1. The van der Waals surface area contributed by atoms with Gasteiger partial charge in [0.25, 0.3) is 0 Å². The molecular weight excluding hydrogens is 316 g/mol. The Morgan fingerprint density at radius 2 is 1.75 bits per heavy atom. The second-order valence-electron chi connectivity index (χ2n) is 6.13. The van der Waals surface area contributed by atoms with Gasteiger partial charge in [0.2, 0.25) is 0 Å². The van der Waals surface area contributed by atoms with Crippen LogP contribution in [0.25, 0.3) is 11.4 Å². The van der Waals surface area contributed by atoms with E-state index in [1.807, 2.05) is 12.1 Å². The fourth-order valence-corrected chi connectivity index (χ4v) is 3.48. The van der Waals surface area contributed by atoms with Crippen LogP contribution in [0.5, 0.6) is 0 Å². The summed E-state index contributed by atoms with van der Waals surface area (Å²) < 4.78 is 2.23. The Balaban J connectivity index is 1.76. The van der Waals surface area contributed by atoms with E-state index < -0.39 is 0 Å². The summed E-state index contributed by atoms with van der Waals surface area (Å²) >= 11 is 1.77. The van der Waals surface area contributed by atoms with E-state index in [2.05, 4.69) is 63.9 Å². The van der Waals surface area contributed by atoms with Crippen molar-refractivity contribution in [2.24, 2.45) is 5.92 Å². The minimum absolute atomic E-state index is 0.537. The Morgan fingerprint density at radius 3 is 2.46 bits per heavy atom. The van der Waals surface area contributed by atoms with E-state index in [1.165, 1.54) is 5.56 Å². The Hall–Kier alpha value is -2.14. The molecule has 0 radical (unpaired) electrons. The monoisotopic (exact) mass is 338 g/mol. The fraction of sp³-hybridized carbons (Fsp3) is 0.316. The maximum Gasteiger partial charge on any atom is 0.191 e. The molecule has 0 saturated heterocycles. The summed E-state index contributed by atoms with van der Waals surface area (Å²) in [4.78, 5) is 4.09. The maximum absolute atomic E-state index is 4.43. The normalized spacial score (nSPS) is 11.1. The summed E-state index contributed by atoms with van der Waals surface area (Å²) in [5.74, 6) is 2.46. The second kappa shape index (κ2) is 8.11. The molecule has 124 valence electrons. The molecule has 0 aliphatic heterocycles. The van der Waals surface area contributed by atoms with Crippen LogP contribution < -0.4 is 0 Å². The molecule has 0 atom stereocenters. The van der Waals surface area contributed by atoms with E-state index in [-0.39, 0.29) is 0 Å². The summed E-state index contributed by atoms with van der Waals surface area (Å²) in [6, 6.07) is 14.5. The van der Waals surface area contributed by atoms with Gasteiger partial charge in [-0.3, -0.25) is 4.98 Å². The average Bonchev–Trinajstić information content (AvgIpc) is 2.99. The van der Waals surface area contributed by atoms with Crippen molar-refractivity contribution in [1.82, 2.24) is 19.7 Å². The van der Waals surface area contributed by atoms with Crippen LogP contribution in [0, 0.1) is 5.92 Å². The quantitative estimate of drug-likeness (QED) is 0.601. The lowest BCUT2D eigenvalue weighted by Crippen LogP contribution is -2.08. The fourth-order valence-electron chi connectivity index (χ4n) is 2.54. The SMILES string of the molecule is CC(C)Cn1c(SCCc2ccccc2)nnc1-c1ccncc1. The van der Waals surface area contributed by atoms with Gasteiger partial charge in [-0.25, -0.2) is 0 Å². The molecule has 3 rings (SSSR count). The van der Waals surface area contributed by atoms with Crippen LogP contribution in [0.1, 0.15) is 19.4 Å². The summed E-state index contributed by atoms with van der Waals surface area (Å²) in [5, 5.41) is 9.85. The lowest BCUT2D eigenvalue weighted by molar-refractivity contribution is 0.498. The Morgan fingerprint density at radius 1 is 1.00 bits per heavy atom. The number of hydrogen-bond acceptors (Lipinski definition) is 4. The van der Waals surface area contributed by atoms with Crippen LogP contribution in [-0.2, 0) is 13.0 Å². The van der Waals surface area contributed by atoms with Crippen molar-refractivity contribution in [1.29, 1.82) is 0 Å². The van der Waals surface area contributed by atoms with E-state index in [9.17, 15) is 0 Å². The number of aromatic nitrogens is 4. The molecule has 0 aliphatic carbocycles. The largest absolute Gasteiger partial charge is 0.302 e. The van der Waals surface area contributed by atoms with E-state index >= 15 is 0 Å². The van der Waals surface area contributed by atoms with Crippen molar-refractivity contribution < 1.29 is 0 Å². The maximum atomic E-state index is 4.43. The highest BCUT2D eigenvalue weighted by Crippen LogP contribution is 2.25. The molecule has 3 aromatic rings. The van der Waals surface area contributed by atoms with Crippen LogP contribution in [0.3, 0.4) is 0 Å². The number of benzene rings is 1. The minimum Gasteiger partial charge on any atom is -0.302 e. The zero-order valence-corrected chi connectivity index (χ0v) is 14.9. The molecule has 0 bridgehead atoms. The summed E-state index contributed by atoms with van der Waals surface area (Å²) in [6.45, 7) is 5.35. The predicted octanol–water partition coefficient (Wildman–Crippen LogP) is 4.33. The number of hydrogen-bond donors (Lipinski definition) is 0. The smallest absolute Gasteiger partial charge is 0.191 e. The third kappa shape index (κ3) is 4.23. The number of nitrogens with zero attached hydrogens (tertiary/aromatic N) is 4. The first-order chi connectivity index (χ1) is 11.7. The molecular formula is C19H22N4S. The molecule has 0 fully saturated rings. The van der Waals surface area contributed by atoms with Gasteiger partial charge < -0.3 is 4.57 Å². The van der Waals surface area contributed by atoms with E-state index in [0.29, 0.717) is 5.92 Å². The van der Waals surface area contributed by atoms with Gasteiger partial charge in [-0.15, -0.1) is 10.2 Å². The molecule has 0 saturated carbocycles. The topological polar surface area (TPSA) is 43.6 Å². The highest BCUT2D eigenvalue weighted by atomic mass is 32.2. The lowest BCUT2D eigenvalue weighted by atomic mass is 10.2. The Labute approximate surface area is 147 Å². The average molecular weight is 338 g/mol. The molecule has 0 spiro atoms. The number of rotatable bonds is 7. The Kier molecular flexibility index (Phi) is 5.64. The van der Waals surface area contributed by atoms with Crippen LogP contribution in [0.4, 0.5) is 0 Å². The number of thioether (sulfide) groups is 1. The van der Waals surface area contributed by atoms with Crippen LogP contribution >= 0.6 is 11.8 Å². The summed E-state index contributed by atoms with van der Waals surface area (Å²) in [6.07, 6.45) is 4.63. The molecule has 0 amide bonds. The standard InChI is InChI=1S/C19H22N4S/c1-15(2)14-23-18(17-8-11-20-12-9-17)21-22-19(23)24-13-10-16-6-4-3-5-7-16/h3-9,11-12,15H,10,13-14H2,1-2H3. The van der Waals surface area contributed by atoms with Gasteiger partial charge in [-0.2, -0.15) is 0 Å². The molecule has 0 aliphatic rings. The van der Waals surface area contributed by atoms with Gasteiger partial charge in [0, 0.05) is 30.3 Å². The molecule has 5 heteroatoms. The highest BCUT2D eigenvalue weighted by Gasteiger charge is 2.15. The van der Waals surface area contributed by atoms with E-state index in [1.54, 1.807) is 24.2 Å². The van der Waals surface area contributed by atoms with Gasteiger partial charge in [0.15, 0.2) is 11.0 Å². The molecule has 1 aromatic carbocycles. The zero-order chi connectivity index (χ0) is 16.8. The first-order valence-corrected chi connectivity index (χ1v) is 9.23. The molecule has 2 heterocycles. The van der Waals surface area contributed by atoms with Crippen LogP contribution in [0.2, 0.25) is 0 Å². The minimum atomic E-state index is 0.537. The van der Waals surface area contributed by atoms with Gasteiger partial charge in [-0.1, -0.05) is 55.9 Å². The Bertz CT molecular complexity index is 754. The van der Waals surface area contributed by atoms with Crippen molar-refractivity contribution >= 4 is 11.8 Å². The van der Waals surface area contributed by atoms with E-state index in [0.717, 1.165) is 35.3 Å². The van der Waals surface area contributed by atoms with Crippen molar-refractivity contribution in [2.75, 3.05) is 5.75 Å². The van der Waals surface area contributed by atoms with Crippen LogP contribution in [-0.4, -0.2) is 25.5 Å². The zero-order valence-electron chi connectivity index (χ0n) is 14.1. The predicted molar refractivity (Wildman–Crippen MR) is 99.0 cm³/mol. The molecule has 0 N–H and O–H groups in total. The first kappa shape index (κ1) is 16.7. The van der Waals surface area contributed by atoms with Gasteiger partial charge in [0.1, 0.15) is 0 Å². The van der Waals surface area contributed by atoms with E-state index in [4.69, 9.17) is 0 Å². The summed E-state index contributed by atoms with van der Waals surface area (Å²) in [5.41, 5.74) is 2.42. The van der Waals surface area contributed by atoms with Gasteiger partial charge >= 0.3 is 0 Å². The lowest BCUT2D eigenvalue weighted by Gasteiger charge is -2.12. The third-order valence-corrected chi connectivity index (χ3v) is 4.64. The summed E-state index contributed by atoms with van der Waals surface area (Å²) in [7, 11) is 0. The van der Waals surface area contributed by atoms with Crippen LogP contribution in [0.15, 0.2) is 60.0 Å². The van der Waals surface area contributed by atoms with Crippen molar-refractivity contribution in [3.63, 3.8) is 0 Å². The molecule has 2 aromatic heterocycles. The van der Waals surface area contributed by atoms with Crippen molar-refractivity contribution in [3.8, 4) is 11.4 Å². The molecule has 4 nitrogen and oxygen atoms in total. The second-order valence-corrected chi connectivity index (χ2v) is 7.19. The highest BCUT2D eigenvalue weighted by molar-refractivity contribution is 7.99. The number of pyridine rings is 1. The first-order valence-electron chi connectivity index (χ1n) is 8.24. The molecule has 0 unspecified atom stereocenters.